The Morgan fingerprint density at radius 2 is 1.59 bits per heavy atom. The number of halogens is 1. The summed E-state index contributed by atoms with van der Waals surface area (Å²) >= 11 is 6.16. The molecule has 164 valence electrons. The second kappa shape index (κ2) is 9.75. The zero-order chi connectivity index (χ0) is 22.5. The molecule has 1 heterocycles. The number of hydrogen-bond acceptors (Lipinski definition) is 3. The lowest BCUT2D eigenvalue weighted by Crippen LogP contribution is -2.24. The summed E-state index contributed by atoms with van der Waals surface area (Å²) < 4.78 is 0. The molecule has 6 nitrogen and oxygen atoms in total. The van der Waals surface area contributed by atoms with E-state index in [4.69, 9.17) is 11.6 Å². The number of carbonyl (C=O) groups is 2. The molecule has 1 saturated heterocycles. The molecule has 4 rings (SSSR count). The van der Waals surface area contributed by atoms with E-state index in [0.29, 0.717) is 27.6 Å². The summed E-state index contributed by atoms with van der Waals surface area (Å²) in [5.41, 5.74) is 4.27. The first-order valence-electron chi connectivity index (χ1n) is 10.6. The van der Waals surface area contributed by atoms with Gasteiger partial charge in [0.05, 0.1) is 22.1 Å². The van der Waals surface area contributed by atoms with Gasteiger partial charge in [0.25, 0.3) is 5.91 Å². The van der Waals surface area contributed by atoms with E-state index in [1.54, 1.807) is 36.4 Å². The number of carbonyl (C=O) groups excluding carboxylic acids is 2. The number of nitrogens with one attached hydrogen (secondary N) is 3. The lowest BCUT2D eigenvalue weighted by molar-refractivity contribution is 0.102. The summed E-state index contributed by atoms with van der Waals surface area (Å²) in [7, 11) is 0. The largest absolute Gasteiger partial charge is 0.370 e. The van der Waals surface area contributed by atoms with Crippen LogP contribution >= 0.6 is 11.6 Å². The van der Waals surface area contributed by atoms with Gasteiger partial charge >= 0.3 is 6.03 Å². The summed E-state index contributed by atoms with van der Waals surface area (Å²) in [6, 6.07) is 19.6. The van der Waals surface area contributed by atoms with Gasteiger partial charge in [-0.1, -0.05) is 41.4 Å². The van der Waals surface area contributed by atoms with Crippen LogP contribution in [0.15, 0.2) is 66.7 Å². The van der Waals surface area contributed by atoms with E-state index in [9.17, 15) is 9.59 Å². The van der Waals surface area contributed by atoms with Crippen LogP contribution in [0.3, 0.4) is 0 Å². The lowest BCUT2D eigenvalue weighted by atomic mass is 10.1. The van der Waals surface area contributed by atoms with E-state index in [1.165, 1.54) is 0 Å². The van der Waals surface area contributed by atoms with E-state index in [1.807, 2.05) is 37.3 Å². The first-order chi connectivity index (χ1) is 15.5. The Labute approximate surface area is 192 Å². The first-order valence-corrected chi connectivity index (χ1v) is 11.0. The standard InChI is InChI=1S/C25H25ClN4O2/c1-17-7-6-8-18(15-17)24(31)27-19-11-12-23(30-13-4-5-14-30)22(16-19)29-25(32)28-21-10-3-2-9-20(21)26/h2-3,6-12,15-16H,4-5,13-14H2,1H3,(H,27,31)(H2,28,29,32). The summed E-state index contributed by atoms with van der Waals surface area (Å²) in [5.74, 6) is -0.200. The molecule has 0 unspecified atom stereocenters. The van der Waals surface area contributed by atoms with E-state index < -0.39 is 6.03 Å². The number of nitrogens with zero attached hydrogens (tertiary/aromatic N) is 1. The van der Waals surface area contributed by atoms with Crippen molar-refractivity contribution in [2.45, 2.75) is 19.8 Å². The van der Waals surface area contributed by atoms with Crippen molar-refractivity contribution in [2.24, 2.45) is 0 Å². The molecule has 7 heteroatoms. The smallest absolute Gasteiger partial charge is 0.323 e. The third kappa shape index (κ3) is 5.21. The van der Waals surface area contributed by atoms with Gasteiger partial charge in [-0.05, 0) is 62.2 Å². The molecule has 0 radical (unpaired) electrons. The molecule has 3 amide bonds. The van der Waals surface area contributed by atoms with Gasteiger partial charge in [0, 0.05) is 24.3 Å². The van der Waals surface area contributed by atoms with E-state index in [0.717, 1.165) is 37.2 Å². The maximum absolute atomic E-state index is 12.7. The molecule has 0 saturated carbocycles. The SMILES string of the molecule is Cc1cccc(C(=O)Nc2ccc(N3CCCC3)c(NC(=O)Nc3ccccc3Cl)c2)c1. The van der Waals surface area contributed by atoms with Crippen molar-refractivity contribution in [2.75, 3.05) is 33.9 Å². The van der Waals surface area contributed by atoms with Gasteiger partial charge < -0.3 is 20.9 Å². The molecule has 32 heavy (non-hydrogen) atoms. The fraction of sp³-hybridized carbons (Fsp3) is 0.200. The number of aryl methyl sites for hydroxylation is 1. The number of benzene rings is 3. The zero-order valence-corrected chi connectivity index (χ0v) is 18.6. The summed E-state index contributed by atoms with van der Waals surface area (Å²) in [6.07, 6.45) is 2.22. The Morgan fingerprint density at radius 3 is 2.34 bits per heavy atom. The van der Waals surface area contributed by atoms with Crippen LogP contribution in [-0.4, -0.2) is 25.0 Å². The fourth-order valence-electron chi connectivity index (χ4n) is 3.78. The van der Waals surface area contributed by atoms with Crippen molar-refractivity contribution in [3.63, 3.8) is 0 Å². The predicted octanol–water partition coefficient (Wildman–Crippen LogP) is 6.14. The van der Waals surface area contributed by atoms with Crippen LogP contribution in [0.1, 0.15) is 28.8 Å². The third-order valence-corrected chi connectivity index (χ3v) is 5.68. The van der Waals surface area contributed by atoms with E-state index in [2.05, 4.69) is 20.9 Å². The number of rotatable bonds is 5. The summed E-state index contributed by atoms with van der Waals surface area (Å²) in [6.45, 7) is 3.80. The lowest BCUT2D eigenvalue weighted by Gasteiger charge is -2.22. The highest BCUT2D eigenvalue weighted by atomic mass is 35.5. The van der Waals surface area contributed by atoms with Crippen molar-refractivity contribution in [3.05, 3.63) is 82.9 Å². The molecule has 1 aliphatic rings. The quantitative estimate of drug-likeness (QED) is 0.438. The third-order valence-electron chi connectivity index (χ3n) is 5.35. The summed E-state index contributed by atoms with van der Waals surface area (Å²) in [4.78, 5) is 27.6. The molecule has 1 fully saturated rings. The molecule has 0 aromatic heterocycles. The summed E-state index contributed by atoms with van der Waals surface area (Å²) in [5, 5.41) is 9.09. The first kappa shape index (κ1) is 21.7. The molecule has 0 atom stereocenters. The molecule has 0 aliphatic carbocycles. The molecule has 3 N–H and O–H groups in total. The average Bonchev–Trinajstić information content (AvgIpc) is 3.30. The Hall–Kier alpha value is -3.51. The number of amides is 3. The molecule has 1 aliphatic heterocycles. The van der Waals surface area contributed by atoms with Crippen LogP contribution in [-0.2, 0) is 0 Å². The maximum atomic E-state index is 12.7. The number of anilines is 4. The van der Waals surface area contributed by atoms with Gasteiger partial charge in [0.15, 0.2) is 0 Å². The Balaban J connectivity index is 1.56. The number of para-hydroxylation sites is 1. The zero-order valence-electron chi connectivity index (χ0n) is 17.8. The van der Waals surface area contributed by atoms with Crippen LogP contribution in [0.5, 0.6) is 0 Å². The van der Waals surface area contributed by atoms with Gasteiger partial charge in [0.1, 0.15) is 0 Å². The topological polar surface area (TPSA) is 73.5 Å². The molecule has 3 aromatic rings. The Morgan fingerprint density at radius 1 is 0.844 bits per heavy atom. The van der Waals surface area contributed by atoms with Crippen LogP contribution in [0.2, 0.25) is 5.02 Å². The van der Waals surface area contributed by atoms with Crippen LogP contribution in [0.4, 0.5) is 27.5 Å². The Kier molecular flexibility index (Phi) is 6.61. The maximum Gasteiger partial charge on any atom is 0.323 e. The number of hydrogen-bond donors (Lipinski definition) is 3. The van der Waals surface area contributed by atoms with Crippen molar-refractivity contribution < 1.29 is 9.59 Å². The minimum atomic E-state index is -0.402. The Bertz CT molecular complexity index is 1140. The van der Waals surface area contributed by atoms with Gasteiger partial charge in [-0.25, -0.2) is 4.79 Å². The molecule has 0 bridgehead atoms. The van der Waals surface area contributed by atoms with Crippen LogP contribution in [0.25, 0.3) is 0 Å². The minimum Gasteiger partial charge on any atom is -0.370 e. The number of urea groups is 1. The van der Waals surface area contributed by atoms with E-state index >= 15 is 0 Å². The molecular formula is C25H25ClN4O2. The molecule has 0 spiro atoms. The normalized spacial score (nSPS) is 13.0. The van der Waals surface area contributed by atoms with Crippen LogP contribution < -0.4 is 20.9 Å². The molecular weight excluding hydrogens is 424 g/mol. The highest BCUT2D eigenvalue weighted by molar-refractivity contribution is 6.33. The van der Waals surface area contributed by atoms with Gasteiger partial charge in [-0.2, -0.15) is 0 Å². The highest BCUT2D eigenvalue weighted by Crippen LogP contribution is 2.32. The second-order valence-corrected chi connectivity index (χ2v) is 8.22. The van der Waals surface area contributed by atoms with Crippen molar-refractivity contribution in [1.29, 1.82) is 0 Å². The van der Waals surface area contributed by atoms with Gasteiger partial charge in [-0.15, -0.1) is 0 Å². The van der Waals surface area contributed by atoms with Crippen molar-refractivity contribution in [1.82, 2.24) is 0 Å². The monoisotopic (exact) mass is 448 g/mol. The van der Waals surface area contributed by atoms with E-state index in [-0.39, 0.29) is 5.91 Å². The van der Waals surface area contributed by atoms with Gasteiger partial charge in [-0.3, -0.25) is 4.79 Å². The average molecular weight is 449 g/mol. The minimum absolute atomic E-state index is 0.200. The van der Waals surface area contributed by atoms with Crippen molar-refractivity contribution in [3.8, 4) is 0 Å². The highest BCUT2D eigenvalue weighted by Gasteiger charge is 2.18. The van der Waals surface area contributed by atoms with Crippen molar-refractivity contribution >= 4 is 46.3 Å². The fourth-order valence-corrected chi connectivity index (χ4v) is 3.96. The predicted molar refractivity (Wildman–Crippen MR) is 131 cm³/mol. The van der Waals surface area contributed by atoms with Crippen LogP contribution in [0, 0.1) is 6.92 Å². The second-order valence-electron chi connectivity index (χ2n) is 7.81. The van der Waals surface area contributed by atoms with Gasteiger partial charge in [0.2, 0.25) is 0 Å². The molecule has 3 aromatic carbocycles.